The third kappa shape index (κ3) is 5.89. The van der Waals surface area contributed by atoms with Crippen molar-refractivity contribution >= 4 is 29.3 Å². The van der Waals surface area contributed by atoms with Gasteiger partial charge in [0.05, 0.1) is 6.54 Å². The molecule has 3 amide bonds. The molecule has 4 fully saturated rings. The second-order valence-corrected chi connectivity index (χ2v) is 10.8. The Morgan fingerprint density at radius 1 is 1.00 bits per heavy atom. The first-order chi connectivity index (χ1) is 15.9. The number of carbonyl (C=O) groups excluding carboxylic acids is 3. The molecule has 4 aliphatic carbocycles. The summed E-state index contributed by atoms with van der Waals surface area (Å²) in [5, 5.41) is 6.64. The summed E-state index contributed by atoms with van der Waals surface area (Å²) in [7, 11) is 0. The Balaban J connectivity index is 1.16. The fraction of sp³-hybridized carbons (Fsp3) is 0.654. The van der Waals surface area contributed by atoms with Crippen molar-refractivity contribution in [2.24, 2.45) is 23.2 Å². The summed E-state index contributed by atoms with van der Waals surface area (Å²) in [6, 6.07) is 7.30. The van der Waals surface area contributed by atoms with E-state index in [9.17, 15) is 14.4 Å². The Morgan fingerprint density at radius 3 is 2.18 bits per heavy atom. The van der Waals surface area contributed by atoms with E-state index in [0.29, 0.717) is 37.5 Å². The van der Waals surface area contributed by atoms with Crippen LogP contribution in [0.4, 0.5) is 0 Å². The van der Waals surface area contributed by atoms with Gasteiger partial charge in [0.25, 0.3) is 0 Å². The number of nitrogens with one attached hydrogen (secondary N) is 2. The molecule has 5 rings (SSSR count). The maximum Gasteiger partial charge on any atom is 0.239 e. The van der Waals surface area contributed by atoms with Gasteiger partial charge in [-0.2, -0.15) is 0 Å². The number of benzene rings is 1. The smallest absolute Gasteiger partial charge is 0.239 e. The quantitative estimate of drug-likeness (QED) is 0.505. The van der Waals surface area contributed by atoms with Gasteiger partial charge in [-0.3, -0.25) is 14.4 Å². The van der Waals surface area contributed by atoms with Gasteiger partial charge in [-0.1, -0.05) is 23.7 Å². The van der Waals surface area contributed by atoms with Crippen LogP contribution in [0.1, 0.15) is 63.9 Å². The Bertz CT molecular complexity index is 835. The lowest BCUT2D eigenvalue weighted by molar-refractivity contribution is -0.146. The Kier molecular flexibility index (Phi) is 7.62. The number of carbonyl (C=O) groups is 3. The van der Waals surface area contributed by atoms with E-state index in [-0.39, 0.29) is 29.7 Å². The summed E-state index contributed by atoms with van der Waals surface area (Å²) in [4.78, 5) is 39.5. The first-order valence-electron chi connectivity index (χ1n) is 12.4. The number of hydrogen-bond donors (Lipinski definition) is 2. The largest absolute Gasteiger partial charge is 0.356 e. The highest BCUT2D eigenvalue weighted by molar-refractivity contribution is 6.30. The predicted molar refractivity (Wildman–Crippen MR) is 128 cm³/mol. The summed E-state index contributed by atoms with van der Waals surface area (Å²) in [5.74, 6) is 2.20. The lowest BCUT2D eigenvalue weighted by Crippen LogP contribution is -2.53. The van der Waals surface area contributed by atoms with Crippen LogP contribution >= 0.6 is 11.6 Å². The molecular formula is C26H36ClN3O3. The van der Waals surface area contributed by atoms with Gasteiger partial charge in [-0.15, -0.1) is 0 Å². The second-order valence-electron chi connectivity index (χ2n) is 10.4. The molecule has 4 aliphatic rings. The van der Waals surface area contributed by atoms with Crippen LogP contribution in [0.25, 0.3) is 0 Å². The first kappa shape index (κ1) is 24.1. The van der Waals surface area contributed by atoms with Crippen molar-refractivity contribution in [2.45, 2.75) is 64.8 Å². The molecule has 1 aromatic rings. The molecule has 0 aliphatic heterocycles. The molecule has 33 heavy (non-hydrogen) atoms. The van der Waals surface area contributed by atoms with E-state index in [1.54, 1.807) is 17.0 Å². The normalized spacial score (nSPS) is 27.3. The summed E-state index contributed by atoms with van der Waals surface area (Å²) < 4.78 is 0. The molecule has 0 aromatic heterocycles. The number of rotatable bonds is 10. The van der Waals surface area contributed by atoms with Gasteiger partial charge >= 0.3 is 0 Å². The molecule has 2 N–H and O–H groups in total. The molecule has 1 aromatic carbocycles. The van der Waals surface area contributed by atoms with Crippen molar-refractivity contribution in [3.05, 3.63) is 34.9 Å². The van der Waals surface area contributed by atoms with Gasteiger partial charge in [-0.25, -0.2) is 0 Å². The molecule has 0 spiro atoms. The third-order valence-electron chi connectivity index (χ3n) is 7.84. The molecule has 0 saturated heterocycles. The van der Waals surface area contributed by atoms with Gasteiger partial charge in [0.15, 0.2) is 0 Å². The molecule has 6 nitrogen and oxygen atoms in total. The molecule has 0 radical (unpaired) electrons. The van der Waals surface area contributed by atoms with E-state index in [1.165, 1.54) is 19.3 Å². The van der Waals surface area contributed by atoms with Crippen molar-refractivity contribution in [3.8, 4) is 0 Å². The zero-order chi connectivity index (χ0) is 23.4. The fourth-order valence-corrected chi connectivity index (χ4v) is 6.71. The Morgan fingerprint density at radius 2 is 1.61 bits per heavy atom. The summed E-state index contributed by atoms with van der Waals surface area (Å²) in [5.41, 5.74) is 0.813. The van der Waals surface area contributed by atoms with E-state index >= 15 is 0 Å². The van der Waals surface area contributed by atoms with Crippen LogP contribution < -0.4 is 10.6 Å². The zero-order valence-electron chi connectivity index (χ0n) is 19.6. The fourth-order valence-electron chi connectivity index (χ4n) is 6.58. The molecule has 4 bridgehead atoms. The maximum atomic E-state index is 13.0. The highest BCUT2D eigenvalue weighted by Crippen LogP contribution is 2.60. The SMILES string of the molecule is CCN(CC(=O)NCc1ccc(Cl)cc1)C(=O)CCCNC(=O)C12CC3CC(CC(C3)C1)C2. The molecule has 0 unspecified atom stereocenters. The van der Waals surface area contributed by atoms with Crippen LogP contribution in [0.15, 0.2) is 24.3 Å². The van der Waals surface area contributed by atoms with Crippen LogP contribution in [0.5, 0.6) is 0 Å². The minimum atomic E-state index is -0.185. The molecule has 0 heterocycles. The minimum absolute atomic E-state index is 0.0442. The van der Waals surface area contributed by atoms with Gasteiger partial charge in [0.2, 0.25) is 17.7 Å². The monoisotopic (exact) mass is 473 g/mol. The molecule has 180 valence electrons. The standard InChI is InChI=1S/C26H36ClN3O3/c1-2-30(17-23(31)29-16-18-5-7-22(27)8-6-18)24(32)4-3-9-28-25(33)26-13-19-10-20(14-26)12-21(11-19)15-26/h5-8,19-21H,2-4,9-17H2,1H3,(H,28,33)(H,29,31). The predicted octanol–water partition coefficient (Wildman–Crippen LogP) is 3.92. The Labute approximate surface area is 201 Å². The van der Waals surface area contributed by atoms with E-state index < -0.39 is 0 Å². The van der Waals surface area contributed by atoms with Gasteiger partial charge < -0.3 is 15.5 Å². The topological polar surface area (TPSA) is 78.5 Å². The first-order valence-corrected chi connectivity index (χ1v) is 12.8. The van der Waals surface area contributed by atoms with Crippen LogP contribution in [0, 0.1) is 23.2 Å². The number of hydrogen-bond acceptors (Lipinski definition) is 3. The van der Waals surface area contributed by atoms with Crippen LogP contribution in [0.3, 0.4) is 0 Å². The number of nitrogens with zero attached hydrogens (tertiary/aromatic N) is 1. The molecule has 4 saturated carbocycles. The van der Waals surface area contributed by atoms with Gasteiger partial charge in [-0.05, 0) is 87.3 Å². The van der Waals surface area contributed by atoms with Crippen LogP contribution in [0.2, 0.25) is 5.02 Å². The zero-order valence-corrected chi connectivity index (χ0v) is 20.3. The van der Waals surface area contributed by atoms with Crippen molar-refractivity contribution in [1.29, 1.82) is 0 Å². The average Bonchev–Trinajstić information content (AvgIpc) is 2.78. The van der Waals surface area contributed by atoms with E-state index in [0.717, 1.165) is 42.6 Å². The van der Waals surface area contributed by atoms with Crippen molar-refractivity contribution < 1.29 is 14.4 Å². The highest BCUT2D eigenvalue weighted by atomic mass is 35.5. The summed E-state index contributed by atoms with van der Waals surface area (Å²) in [6.45, 7) is 3.32. The lowest BCUT2D eigenvalue weighted by Gasteiger charge is -2.55. The van der Waals surface area contributed by atoms with Gasteiger partial charge in [0.1, 0.15) is 0 Å². The van der Waals surface area contributed by atoms with E-state index in [2.05, 4.69) is 10.6 Å². The average molecular weight is 474 g/mol. The summed E-state index contributed by atoms with van der Waals surface area (Å²) >= 11 is 5.88. The van der Waals surface area contributed by atoms with E-state index in [4.69, 9.17) is 11.6 Å². The highest BCUT2D eigenvalue weighted by Gasteiger charge is 2.54. The van der Waals surface area contributed by atoms with Crippen LogP contribution in [-0.2, 0) is 20.9 Å². The minimum Gasteiger partial charge on any atom is -0.356 e. The van der Waals surface area contributed by atoms with Crippen LogP contribution in [-0.4, -0.2) is 42.3 Å². The van der Waals surface area contributed by atoms with E-state index in [1.807, 2.05) is 19.1 Å². The maximum absolute atomic E-state index is 13.0. The van der Waals surface area contributed by atoms with Gasteiger partial charge in [0, 0.05) is 36.5 Å². The van der Waals surface area contributed by atoms with Crippen molar-refractivity contribution in [2.75, 3.05) is 19.6 Å². The number of amides is 3. The lowest BCUT2D eigenvalue weighted by atomic mass is 9.49. The van der Waals surface area contributed by atoms with Crippen molar-refractivity contribution in [1.82, 2.24) is 15.5 Å². The third-order valence-corrected chi connectivity index (χ3v) is 8.10. The molecular weight excluding hydrogens is 438 g/mol. The summed E-state index contributed by atoms with van der Waals surface area (Å²) in [6.07, 6.45) is 8.05. The molecule has 0 atom stereocenters. The van der Waals surface area contributed by atoms with Crippen molar-refractivity contribution in [3.63, 3.8) is 0 Å². The number of halogens is 1. The number of likely N-dealkylation sites (N-methyl/N-ethyl adjacent to an activating group) is 1. The Hall–Kier alpha value is -2.08. The second kappa shape index (κ2) is 10.5. The molecule has 7 heteroatoms.